The van der Waals surface area contributed by atoms with Crippen LogP contribution in [-0.4, -0.2) is 36.4 Å². The van der Waals surface area contributed by atoms with E-state index in [4.69, 9.17) is 5.73 Å². The SMILES string of the molecule is Cc1c(-c2cc(C(F)F)nc3sc(C(N)=O)c(NC(=O)Cn4cc(Br)cn4)c23)cnn1C. The van der Waals surface area contributed by atoms with Gasteiger partial charge in [-0.2, -0.15) is 10.2 Å². The van der Waals surface area contributed by atoms with Gasteiger partial charge in [-0.3, -0.25) is 19.0 Å². The highest BCUT2D eigenvalue weighted by Crippen LogP contribution is 2.43. The van der Waals surface area contributed by atoms with E-state index in [1.807, 2.05) is 0 Å². The number of anilines is 1. The first-order chi connectivity index (χ1) is 15.2. The fourth-order valence-corrected chi connectivity index (χ4v) is 4.59. The number of amides is 2. The third-order valence-electron chi connectivity index (χ3n) is 4.83. The first-order valence-corrected chi connectivity index (χ1v) is 10.8. The molecule has 0 saturated heterocycles. The number of nitrogens with zero attached hydrogens (tertiary/aromatic N) is 5. The van der Waals surface area contributed by atoms with Crippen LogP contribution in [0, 0.1) is 6.92 Å². The lowest BCUT2D eigenvalue weighted by molar-refractivity contribution is -0.116. The minimum absolute atomic E-state index is 0.0108. The van der Waals surface area contributed by atoms with Crippen LogP contribution in [0.4, 0.5) is 14.5 Å². The fraction of sp³-hybridized carbons (Fsp3) is 0.211. The van der Waals surface area contributed by atoms with E-state index >= 15 is 0 Å². The number of hydrogen-bond acceptors (Lipinski definition) is 6. The van der Waals surface area contributed by atoms with Gasteiger partial charge in [0.2, 0.25) is 5.91 Å². The Hall–Kier alpha value is -3.19. The van der Waals surface area contributed by atoms with Crippen LogP contribution in [0.1, 0.15) is 27.5 Å². The van der Waals surface area contributed by atoms with Crippen LogP contribution in [0.25, 0.3) is 21.3 Å². The topological polar surface area (TPSA) is 121 Å². The van der Waals surface area contributed by atoms with E-state index in [1.54, 1.807) is 24.9 Å². The van der Waals surface area contributed by atoms with Crippen molar-refractivity contribution in [3.63, 3.8) is 0 Å². The van der Waals surface area contributed by atoms with Crippen molar-refractivity contribution in [1.82, 2.24) is 24.5 Å². The maximum absolute atomic E-state index is 13.6. The standard InChI is InChI=1S/C19H16BrF2N7O2S/c1-8-11(5-24-28(8)2)10-3-12(17(21)22)26-19-14(10)15(16(32-19)18(23)31)27-13(30)7-29-6-9(20)4-25-29/h3-6,17H,7H2,1-2H3,(H2,23,31)(H,27,30). The molecule has 13 heteroatoms. The van der Waals surface area contributed by atoms with E-state index in [-0.39, 0.29) is 21.9 Å². The van der Waals surface area contributed by atoms with Gasteiger partial charge in [0.25, 0.3) is 12.3 Å². The molecule has 0 bridgehead atoms. The van der Waals surface area contributed by atoms with Gasteiger partial charge < -0.3 is 11.1 Å². The normalized spacial score (nSPS) is 11.4. The number of rotatable bonds is 6. The number of thiophene rings is 1. The Labute approximate surface area is 192 Å². The Morgan fingerprint density at radius 2 is 2.03 bits per heavy atom. The van der Waals surface area contributed by atoms with Gasteiger partial charge in [-0.05, 0) is 34.5 Å². The van der Waals surface area contributed by atoms with Crippen molar-refractivity contribution in [2.45, 2.75) is 19.9 Å². The first-order valence-electron chi connectivity index (χ1n) is 9.18. The van der Waals surface area contributed by atoms with Crippen LogP contribution in [-0.2, 0) is 18.4 Å². The highest BCUT2D eigenvalue weighted by molar-refractivity contribution is 9.10. The molecule has 0 fully saturated rings. The minimum Gasteiger partial charge on any atom is -0.365 e. The highest BCUT2D eigenvalue weighted by Gasteiger charge is 2.26. The summed E-state index contributed by atoms with van der Waals surface area (Å²) in [7, 11) is 1.72. The average molecular weight is 524 g/mol. The number of aryl methyl sites for hydroxylation is 1. The smallest absolute Gasteiger partial charge is 0.280 e. The van der Waals surface area contributed by atoms with Gasteiger partial charge in [-0.15, -0.1) is 11.3 Å². The zero-order valence-corrected chi connectivity index (χ0v) is 19.2. The largest absolute Gasteiger partial charge is 0.365 e. The molecule has 0 saturated carbocycles. The Morgan fingerprint density at radius 1 is 1.28 bits per heavy atom. The predicted octanol–water partition coefficient (Wildman–Crippen LogP) is 3.64. The van der Waals surface area contributed by atoms with E-state index in [9.17, 15) is 18.4 Å². The molecule has 2 amide bonds. The lowest BCUT2D eigenvalue weighted by Gasteiger charge is -2.11. The summed E-state index contributed by atoms with van der Waals surface area (Å²) in [5.41, 5.74) is 6.86. The lowest BCUT2D eigenvalue weighted by Crippen LogP contribution is -2.21. The molecule has 9 nitrogen and oxygen atoms in total. The minimum atomic E-state index is -2.83. The molecule has 0 spiro atoms. The monoisotopic (exact) mass is 523 g/mol. The second kappa shape index (κ2) is 8.39. The van der Waals surface area contributed by atoms with E-state index in [0.717, 1.165) is 11.3 Å². The maximum atomic E-state index is 13.6. The van der Waals surface area contributed by atoms with E-state index in [0.29, 0.717) is 26.7 Å². The van der Waals surface area contributed by atoms with Gasteiger partial charge in [0.1, 0.15) is 21.9 Å². The maximum Gasteiger partial charge on any atom is 0.280 e. The van der Waals surface area contributed by atoms with Gasteiger partial charge in [0.05, 0.1) is 22.6 Å². The van der Waals surface area contributed by atoms with E-state index in [1.165, 1.54) is 23.1 Å². The first kappa shape index (κ1) is 22.0. The second-order valence-electron chi connectivity index (χ2n) is 6.92. The molecule has 0 aliphatic rings. The number of hydrogen-bond donors (Lipinski definition) is 2. The summed E-state index contributed by atoms with van der Waals surface area (Å²) in [4.78, 5) is 29.0. The van der Waals surface area contributed by atoms with Crippen molar-refractivity contribution in [1.29, 1.82) is 0 Å². The van der Waals surface area contributed by atoms with E-state index in [2.05, 4.69) is 36.4 Å². The Kier molecular flexibility index (Phi) is 5.77. The van der Waals surface area contributed by atoms with Gasteiger partial charge >= 0.3 is 0 Å². The van der Waals surface area contributed by atoms with Crippen molar-refractivity contribution < 1.29 is 18.4 Å². The van der Waals surface area contributed by atoms with Crippen molar-refractivity contribution in [2.75, 3.05) is 5.32 Å². The summed E-state index contributed by atoms with van der Waals surface area (Å²) >= 11 is 4.10. The number of carbonyl (C=O) groups is 2. The number of primary amides is 1. The number of halogens is 3. The molecule has 0 aliphatic carbocycles. The van der Waals surface area contributed by atoms with Gasteiger partial charge in [-0.1, -0.05) is 0 Å². The van der Waals surface area contributed by atoms with Crippen molar-refractivity contribution in [3.05, 3.63) is 45.4 Å². The molecule has 0 unspecified atom stereocenters. The van der Waals surface area contributed by atoms with Crippen LogP contribution in [0.15, 0.2) is 29.1 Å². The molecule has 166 valence electrons. The molecule has 4 rings (SSSR count). The number of alkyl halides is 2. The van der Waals surface area contributed by atoms with Crippen LogP contribution in [0.2, 0.25) is 0 Å². The van der Waals surface area contributed by atoms with Gasteiger partial charge in [0, 0.05) is 29.9 Å². The van der Waals surface area contributed by atoms with Crippen LogP contribution >= 0.6 is 27.3 Å². The number of pyridine rings is 1. The quantitative estimate of drug-likeness (QED) is 0.399. The number of aromatic nitrogens is 5. The summed E-state index contributed by atoms with van der Waals surface area (Å²) in [5, 5.41) is 11.3. The average Bonchev–Trinajstić information content (AvgIpc) is 3.39. The Bertz CT molecular complexity index is 1360. The number of nitrogens with two attached hydrogens (primary N) is 1. The number of fused-ring (bicyclic) bond motifs is 1. The second-order valence-corrected chi connectivity index (χ2v) is 8.83. The Morgan fingerprint density at radius 3 is 2.59 bits per heavy atom. The zero-order valence-electron chi connectivity index (χ0n) is 16.8. The fourth-order valence-electron chi connectivity index (χ4n) is 3.25. The Balaban J connectivity index is 1.90. The summed E-state index contributed by atoms with van der Waals surface area (Å²) in [6.45, 7) is 1.65. The van der Waals surface area contributed by atoms with Crippen molar-refractivity contribution >= 4 is 55.0 Å². The third-order valence-corrected chi connectivity index (χ3v) is 6.33. The van der Waals surface area contributed by atoms with Crippen LogP contribution in [0.5, 0.6) is 0 Å². The lowest BCUT2D eigenvalue weighted by atomic mass is 10.0. The summed E-state index contributed by atoms with van der Waals surface area (Å²) in [6, 6.07) is 1.24. The highest BCUT2D eigenvalue weighted by atomic mass is 79.9. The number of carbonyl (C=O) groups excluding carboxylic acids is 2. The summed E-state index contributed by atoms with van der Waals surface area (Å²) < 4.78 is 30.8. The van der Waals surface area contributed by atoms with Gasteiger partial charge in [-0.25, -0.2) is 13.8 Å². The molecule has 4 aromatic rings. The number of nitrogens with one attached hydrogen (secondary N) is 1. The molecule has 3 N–H and O–H groups in total. The van der Waals surface area contributed by atoms with E-state index < -0.39 is 23.9 Å². The van der Waals surface area contributed by atoms with Crippen molar-refractivity contribution in [2.24, 2.45) is 12.8 Å². The van der Waals surface area contributed by atoms with Crippen molar-refractivity contribution in [3.8, 4) is 11.1 Å². The van der Waals surface area contributed by atoms with Gasteiger partial charge in [0.15, 0.2) is 0 Å². The third kappa shape index (κ3) is 4.00. The molecule has 32 heavy (non-hydrogen) atoms. The van der Waals surface area contributed by atoms with Crippen LogP contribution < -0.4 is 11.1 Å². The summed E-state index contributed by atoms with van der Waals surface area (Å²) in [5.74, 6) is -1.29. The zero-order chi connectivity index (χ0) is 23.2. The molecule has 0 aromatic carbocycles. The molecule has 0 atom stereocenters. The molecule has 4 aromatic heterocycles. The molecule has 0 radical (unpaired) electrons. The van der Waals surface area contributed by atoms with Crippen LogP contribution in [0.3, 0.4) is 0 Å². The molecular formula is C19H16BrF2N7O2S. The summed E-state index contributed by atoms with van der Waals surface area (Å²) in [6.07, 6.45) is 1.85. The molecule has 4 heterocycles. The molecular weight excluding hydrogens is 508 g/mol. The predicted molar refractivity (Wildman–Crippen MR) is 119 cm³/mol. The molecule has 0 aliphatic heterocycles.